The van der Waals surface area contributed by atoms with Crippen molar-refractivity contribution in [2.45, 2.75) is 0 Å². The second-order valence-electron chi connectivity index (χ2n) is 3.61. The third-order valence-electron chi connectivity index (χ3n) is 2.59. The molecule has 0 unspecified atom stereocenters. The number of nitrogens with one attached hydrogen (secondary N) is 1. The van der Waals surface area contributed by atoms with Crippen LogP contribution in [0.5, 0.6) is 0 Å². The molecule has 0 aliphatic carbocycles. The average molecular weight is 211 g/mol. The van der Waals surface area contributed by atoms with E-state index in [0.717, 1.165) is 10.2 Å². The predicted octanol–water partition coefficient (Wildman–Crippen LogP) is 4.05. The molecule has 0 spiro atoms. The van der Waals surface area contributed by atoms with Gasteiger partial charge in [0.25, 0.3) is 0 Å². The lowest BCUT2D eigenvalue weighted by atomic mass is 10.1. The van der Waals surface area contributed by atoms with Crippen LogP contribution in [-0.2, 0) is 0 Å². The van der Waals surface area contributed by atoms with Crippen molar-refractivity contribution in [3.05, 3.63) is 53.2 Å². The van der Waals surface area contributed by atoms with E-state index in [-0.39, 0.29) is 0 Å². The molecule has 2 aromatic carbocycles. The minimum Gasteiger partial charge on any atom is -0.346 e. The normalized spacial score (nSPS) is 10.9. The molecule has 0 aliphatic rings. The van der Waals surface area contributed by atoms with Crippen LogP contribution in [0.25, 0.3) is 21.7 Å². The number of rotatable bonds is 0. The lowest BCUT2D eigenvalue weighted by molar-refractivity contribution is 1.38. The largest absolute Gasteiger partial charge is 0.346 e. The Morgan fingerprint density at radius 3 is 2.33 bits per heavy atom. The average Bonchev–Trinajstić information content (AvgIpc) is 2.26. The number of hydrogen-bond donors (Lipinski definition) is 1. The zero-order chi connectivity index (χ0) is 10.3. The van der Waals surface area contributed by atoms with Crippen LogP contribution in [0.4, 0.5) is 0 Å². The van der Waals surface area contributed by atoms with Gasteiger partial charge in [-0.3, -0.25) is 0 Å². The van der Waals surface area contributed by atoms with Crippen LogP contribution in [0.2, 0.25) is 0 Å². The van der Waals surface area contributed by atoms with Crippen molar-refractivity contribution < 1.29 is 0 Å². The third kappa shape index (κ3) is 1.43. The number of fused-ring (bicyclic) bond motifs is 2. The minimum absolute atomic E-state index is 0.776. The number of pyridine rings is 1. The van der Waals surface area contributed by atoms with Crippen LogP contribution in [-0.4, -0.2) is 4.98 Å². The topological polar surface area (TPSA) is 15.8 Å². The minimum atomic E-state index is 0.776. The van der Waals surface area contributed by atoms with Crippen molar-refractivity contribution in [2.75, 3.05) is 0 Å². The molecule has 0 fully saturated rings. The molecule has 0 radical (unpaired) electrons. The SMILES string of the molecule is S=c1ccc2cc3ccccc3cc2[nH]1. The number of aromatic amines is 1. The second kappa shape index (κ2) is 3.17. The zero-order valence-corrected chi connectivity index (χ0v) is 8.84. The Labute approximate surface area is 92.4 Å². The molecule has 3 aromatic rings. The fourth-order valence-electron chi connectivity index (χ4n) is 1.84. The summed E-state index contributed by atoms with van der Waals surface area (Å²) in [5.74, 6) is 0. The number of benzene rings is 2. The smallest absolute Gasteiger partial charge is 0.103 e. The summed E-state index contributed by atoms with van der Waals surface area (Å²) in [5, 5.41) is 3.69. The van der Waals surface area contributed by atoms with Gasteiger partial charge in [-0.25, -0.2) is 0 Å². The first-order valence-corrected chi connectivity index (χ1v) is 5.26. The number of hydrogen-bond acceptors (Lipinski definition) is 1. The first-order chi connectivity index (χ1) is 7.33. The van der Waals surface area contributed by atoms with Crippen LogP contribution in [0.15, 0.2) is 48.5 Å². The number of H-pyrrole nitrogens is 1. The molecule has 1 heterocycles. The Balaban J connectivity index is 2.53. The lowest BCUT2D eigenvalue weighted by Crippen LogP contribution is -1.80. The van der Waals surface area contributed by atoms with Crippen LogP contribution in [0.1, 0.15) is 0 Å². The Hall–Kier alpha value is -1.67. The summed E-state index contributed by atoms with van der Waals surface area (Å²) in [6, 6.07) is 16.6. The predicted molar refractivity (Wildman–Crippen MR) is 66.6 cm³/mol. The molecule has 0 bridgehead atoms. The van der Waals surface area contributed by atoms with Crippen molar-refractivity contribution in [3.8, 4) is 0 Å². The van der Waals surface area contributed by atoms with Crippen LogP contribution in [0.3, 0.4) is 0 Å². The number of aromatic nitrogens is 1. The van der Waals surface area contributed by atoms with E-state index in [4.69, 9.17) is 12.2 Å². The van der Waals surface area contributed by atoms with Gasteiger partial charge >= 0.3 is 0 Å². The first kappa shape index (κ1) is 8.62. The molecule has 0 saturated carbocycles. The fraction of sp³-hybridized carbons (Fsp3) is 0. The van der Waals surface area contributed by atoms with E-state index in [1.807, 2.05) is 12.1 Å². The van der Waals surface area contributed by atoms with Gasteiger partial charge in [0.2, 0.25) is 0 Å². The Morgan fingerprint density at radius 2 is 1.53 bits per heavy atom. The van der Waals surface area contributed by atoms with Gasteiger partial charge in [0.15, 0.2) is 0 Å². The summed E-state index contributed by atoms with van der Waals surface area (Å²) in [4.78, 5) is 3.20. The van der Waals surface area contributed by atoms with Crippen LogP contribution < -0.4 is 0 Å². The molecular weight excluding hydrogens is 202 g/mol. The van der Waals surface area contributed by atoms with Gasteiger partial charge in [0.1, 0.15) is 4.64 Å². The molecule has 3 rings (SSSR count). The molecular formula is C13H9NS. The molecule has 0 aliphatic heterocycles. The third-order valence-corrected chi connectivity index (χ3v) is 2.83. The Bertz CT molecular complexity index is 697. The maximum atomic E-state index is 5.11. The maximum absolute atomic E-state index is 5.11. The van der Waals surface area contributed by atoms with E-state index >= 15 is 0 Å². The van der Waals surface area contributed by atoms with E-state index in [9.17, 15) is 0 Å². The van der Waals surface area contributed by atoms with Gasteiger partial charge in [-0.05, 0) is 40.4 Å². The van der Waals surface area contributed by atoms with E-state index < -0.39 is 0 Å². The van der Waals surface area contributed by atoms with Crippen LogP contribution >= 0.6 is 12.2 Å². The van der Waals surface area contributed by atoms with Gasteiger partial charge in [-0.2, -0.15) is 0 Å². The standard InChI is InChI=1S/C13H9NS/c15-13-6-5-11-7-9-3-1-2-4-10(9)8-12(11)14-13/h1-8H,(H,14,15). The second-order valence-corrected chi connectivity index (χ2v) is 4.05. The highest BCUT2D eigenvalue weighted by atomic mass is 32.1. The highest BCUT2D eigenvalue weighted by Crippen LogP contribution is 2.20. The zero-order valence-electron chi connectivity index (χ0n) is 8.03. The quantitative estimate of drug-likeness (QED) is 0.438. The molecule has 1 nitrogen and oxygen atoms in total. The summed E-state index contributed by atoms with van der Waals surface area (Å²) in [5.41, 5.74) is 1.10. The Kier molecular flexibility index (Phi) is 1.82. The van der Waals surface area contributed by atoms with E-state index in [1.54, 1.807) is 0 Å². The lowest BCUT2D eigenvalue weighted by Gasteiger charge is -2.01. The fourth-order valence-corrected chi connectivity index (χ4v) is 2.02. The molecule has 1 N–H and O–H groups in total. The Morgan fingerprint density at radius 1 is 0.800 bits per heavy atom. The first-order valence-electron chi connectivity index (χ1n) is 4.85. The molecule has 1 aromatic heterocycles. The van der Waals surface area contributed by atoms with E-state index in [2.05, 4.69) is 41.4 Å². The van der Waals surface area contributed by atoms with Gasteiger partial charge in [-0.15, -0.1) is 0 Å². The molecule has 0 saturated heterocycles. The van der Waals surface area contributed by atoms with E-state index in [1.165, 1.54) is 16.2 Å². The molecule has 72 valence electrons. The van der Waals surface area contributed by atoms with Gasteiger partial charge in [0.05, 0.1) is 0 Å². The van der Waals surface area contributed by atoms with E-state index in [0.29, 0.717) is 0 Å². The molecule has 2 heteroatoms. The van der Waals surface area contributed by atoms with Crippen molar-refractivity contribution in [3.63, 3.8) is 0 Å². The monoisotopic (exact) mass is 211 g/mol. The van der Waals surface area contributed by atoms with Crippen molar-refractivity contribution in [2.24, 2.45) is 0 Å². The van der Waals surface area contributed by atoms with Crippen LogP contribution in [0, 0.1) is 4.64 Å². The molecule has 15 heavy (non-hydrogen) atoms. The van der Waals surface area contributed by atoms with Gasteiger partial charge in [-0.1, -0.05) is 36.5 Å². The highest BCUT2D eigenvalue weighted by molar-refractivity contribution is 7.71. The summed E-state index contributed by atoms with van der Waals surface area (Å²) >= 11 is 5.11. The van der Waals surface area contributed by atoms with Crippen molar-refractivity contribution in [1.29, 1.82) is 0 Å². The molecule has 0 amide bonds. The highest BCUT2D eigenvalue weighted by Gasteiger charge is 1.96. The summed E-state index contributed by atoms with van der Waals surface area (Å²) in [7, 11) is 0. The molecule has 0 atom stereocenters. The van der Waals surface area contributed by atoms with Gasteiger partial charge < -0.3 is 4.98 Å². The van der Waals surface area contributed by atoms with Crippen molar-refractivity contribution in [1.82, 2.24) is 4.98 Å². The summed E-state index contributed by atoms with van der Waals surface area (Å²) in [6.07, 6.45) is 0. The summed E-state index contributed by atoms with van der Waals surface area (Å²) in [6.45, 7) is 0. The van der Waals surface area contributed by atoms with Gasteiger partial charge in [0, 0.05) is 5.52 Å². The van der Waals surface area contributed by atoms with Crippen molar-refractivity contribution >= 4 is 33.9 Å². The summed E-state index contributed by atoms with van der Waals surface area (Å²) < 4.78 is 0.776. The maximum Gasteiger partial charge on any atom is 0.103 e.